The van der Waals surface area contributed by atoms with Crippen LogP contribution in [0.1, 0.15) is 46.5 Å². The van der Waals surface area contributed by atoms with E-state index in [-0.39, 0.29) is 0 Å². The third kappa shape index (κ3) is 3.69. The second-order valence-corrected chi connectivity index (χ2v) is 6.09. The number of hydrogen-bond donors (Lipinski definition) is 1. The molecule has 0 radical (unpaired) electrons. The van der Waals surface area contributed by atoms with Gasteiger partial charge in [0.05, 0.1) is 6.10 Å². The van der Waals surface area contributed by atoms with Gasteiger partial charge in [-0.1, -0.05) is 6.92 Å². The zero-order chi connectivity index (χ0) is 13.0. The number of piperidine rings is 1. The highest BCUT2D eigenvalue weighted by atomic mass is 16.5. The molecule has 2 fully saturated rings. The van der Waals surface area contributed by atoms with E-state index < -0.39 is 0 Å². The lowest BCUT2D eigenvalue weighted by molar-refractivity contribution is 0.0718. The number of ether oxygens (including phenoxy) is 1. The largest absolute Gasteiger partial charge is 0.377 e. The molecule has 4 unspecified atom stereocenters. The van der Waals surface area contributed by atoms with Gasteiger partial charge in [-0.25, -0.2) is 0 Å². The molecule has 0 amide bonds. The first-order valence-electron chi connectivity index (χ1n) is 7.80. The Kier molecular flexibility index (Phi) is 5.46. The SMILES string of the molecule is CCN1CCCC(C(C)NC(C)C2CCCO2)C1. The molecule has 2 aliphatic rings. The highest BCUT2D eigenvalue weighted by Gasteiger charge is 2.28. The van der Waals surface area contributed by atoms with Gasteiger partial charge in [-0.2, -0.15) is 0 Å². The van der Waals surface area contributed by atoms with Crippen molar-refractivity contribution in [1.82, 2.24) is 10.2 Å². The minimum absolute atomic E-state index is 0.443. The summed E-state index contributed by atoms with van der Waals surface area (Å²) in [5, 5.41) is 3.78. The van der Waals surface area contributed by atoms with Gasteiger partial charge in [0.15, 0.2) is 0 Å². The van der Waals surface area contributed by atoms with Crippen LogP contribution < -0.4 is 5.32 Å². The minimum Gasteiger partial charge on any atom is -0.377 e. The van der Waals surface area contributed by atoms with Gasteiger partial charge in [0.1, 0.15) is 0 Å². The summed E-state index contributed by atoms with van der Waals surface area (Å²) in [5.41, 5.74) is 0. The molecule has 4 atom stereocenters. The normalized spacial score (nSPS) is 33.5. The summed E-state index contributed by atoms with van der Waals surface area (Å²) in [6.07, 6.45) is 5.64. The monoisotopic (exact) mass is 254 g/mol. The van der Waals surface area contributed by atoms with E-state index in [4.69, 9.17) is 4.74 Å². The van der Waals surface area contributed by atoms with Crippen molar-refractivity contribution in [2.45, 2.75) is 64.6 Å². The van der Waals surface area contributed by atoms with Crippen molar-refractivity contribution in [3.63, 3.8) is 0 Å². The van der Waals surface area contributed by atoms with Crippen LogP contribution in [0, 0.1) is 5.92 Å². The van der Waals surface area contributed by atoms with E-state index >= 15 is 0 Å². The first kappa shape index (κ1) is 14.3. The number of hydrogen-bond acceptors (Lipinski definition) is 3. The zero-order valence-corrected chi connectivity index (χ0v) is 12.3. The van der Waals surface area contributed by atoms with Crippen LogP contribution in [-0.4, -0.2) is 49.3 Å². The molecule has 2 rings (SSSR count). The van der Waals surface area contributed by atoms with Crippen LogP contribution in [0.15, 0.2) is 0 Å². The third-order valence-corrected chi connectivity index (χ3v) is 4.74. The van der Waals surface area contributed by atoms with Crippen LogP contribution in [-0.2, 0) is 4.74 Å². The predicted molar refractivity (Wildman–Crippen MR) is 75.9 cm³/mol. The van der Waals surface area contributed by atoms with Crippen molar-refractivity contribution in [1.29, 1.82) is 0 Å². The van der Waals surface area contributed by atoms with Crippen molar-refractivity contribution in [2.24, 2.45) is 5.92 Å². The van der Waals surface area contributed by atoms with Crippen LogP contribution in [0.25, 0.3) is 0 Å². The molecule has 2 heterocycles. The second kappa shape index (κ2) is 6.88. The van der Waals surface area contributed by atoms with Gasteiger partial charge in [-0.15, -0.1) is 0 Å². The summed E-state index contributed by atoms with van der Waals surface area (Å²) in [6.45, 7) is 11.6. The van der Waals surface area contributed by atoms with Gasteiger partial charge in [-0.3, -0.25) is 0 Å². The van der Waals surface area contributed by atoms with E-state index in [1.807, 2.05) is 0 Å². The standard InChI is InChI=1S/C15H30N2O/c1-4-17-9-5-7-14(11-17)12(2)16-13(3)15-8-6-10-18-15/h12-16H,4-11H2,1-3H3. The maximum Gasteiger partial charge on any atom is 0.0726 e. The Morgan fingerprint density at radius 1 is 1.22 bits per heavy atom. The van der Waals surface area contributed by atoms with Crippen LogP contribution in [0.3, 0.4) is 0 Å². The summed E-state index contributed by atoms with van der Waals surface area (Å²) < 4.78 is 5.77. The Labute approximate surface area is 112 Å². The molecule has 2 saturated heterocycles. The molecule has 3 heteroatoms. The Hall–Kier alpha value is -0.120. The fourth-order valence-electron chi connectivity index (χ4n) is 3.44. The molecule has 0 bridgehead atoms. The second-order valence-electron chi connectivity index (χ2n) is 6.09. The van der Waals surface area contributed by atoms with Gasteiger partial charge in [0, 0.05) is 25.2 Å². The van der Waals surface area contributed by atoms with Crippen molar-refractivity contribution in [3.8, 4) is 0 Å². The molecule has 106 valence electrons. The van der Waals surface area contributed by atoms with E-state index in [9.17, 15) is 0 Å². The summed E-state index contributed by atoms with van der Waals surface area (Å²) in [7, 11) is 0. The Bertz CT molecular complexity index is 241. The van der Waals surface area contributed by atoms with E-state index in [2.05, 4.69) is 31.0 Å². The molecule has 3 nitrogen and oxygen atoms in total. The fourth-order valence-corrected chi connectivity index (χ4v) is 3.44. The maximum absolute atomic E-state index is 5.77. The van der Waals surface area contributed by atoms with Crippen LogP contribution in [0.5, 0.6) is 0 Å². The fraction of sp³-hybridized carbons (Fsp3) is 1.00. The molecule has 0 aliphatic carbocycles. The van der Waals surface area contributed by atoms with E-state index in [0.717, 1.165) is 12.5 Å². The Morgan fingerprint density at radius 2 is 2.06 bits per heavy atom. The summed E-state index contributed by atoms with van der Waals surface area (Å²) in [4.78, 5) is 2.59. The smallest absolute Gasteiger partial charge is 0.0726 e. The summed E-state index contributed by atoms with van der Waals surface area (Å²) in [6, 6.07) is 1.11. The van der Waals surface area contributed by atoms with E-state index in [1.165, 1.54) is 45.3 Å². The van der Waals surface area contributed by atoms with E-state index in [1.54, 1.807) is 0 Å². The molecule has 0 spiro atoms. The topological polar surface area (TPSA) is 24.5 Å². The van der Waals surface area contributed by atoms with Crippen LogP contribution in [0.2, 0.25) is 0 Å². The van der Waals surface area contributed by atoms with Crippen molar-refractivity contribution in [2.75, 3.05) is 26.2 Å². The van der Waals surface area contributed by atoms with Gasteiger partial charge in [0.25, 0.3) is 0 Å². The van der Waals surface area contributed by atoms with Crippen molar-refractivity contribution >= 4 is 0 Å². The van der Waals surface area contributed by atoms with Gasteiger partial charge < -0.3 is 15.0 Å². The van der Waals surface area contributed by atoms with Crippen molar-refractivity contribution in [3.05, 3.63) is 0 Å². The van der Waals surface area contributed by atoms with Crippen molar-refractivity contribution < 1.29 is 4.74 Å². The Morgan fingerprint density at radius 3 is 2.72 bits per heavy atom. The third-order valence-electron chi connectivity index (χ3n) is 4.74. The number of rotatable bonds is 5. The molecule has 0 saturated carbocycles. The molecular weight excluding hydrogens is 224 g/mol. The predicted octanol–water partition coefficient (Wildman–Crippen LogP) is 2.26. The lowest BCUT2D eigenvalue weighted by atomic mass is 9.91. The van der Waals surface area contributed by atoms with Gasteiger partial charge in [-0.05, 0) is 58.5 Å². The molecule has 18 heavy (non-hydrogen) atoms. The van der Waals surface area contributed by atoms with Gasteiger partial charge >= 0.3 is 0 Å². The minimum atomic E-state index is 0.443. The lowest BCUT2D eigenvalue weighted by Crippen LogP contribution is -2.49. The van der Waals surface area contributed by atoms with Gasteiger partial charge in [0.2, 0.25) is 0 Å². The Balaban J connectivity index is 1.77. The van der Waals surface area contributed by atoms with Crippen LogP contribution >= 0.6 is 0 Å². The maximum atomic E-state index is 5.77. The molecule has 0 aromatic rings. The quantitative estimate of drug-likeness (QED) is 0.814. The molecule has 0 aromatic carbocycles. The molecular formula is C15H30N2O. The molecule has 0 aromatic heterocycles. The first-order valence-corrected chi connectivity index (χ1v) is 7.80. The first-order chi connectivity index (χ1) is 8.70. The average molecular weight is 254 g/mol. The number of nitrogens with zero attached hydrogens (tertiary/aromatic N) is 1. The molecule has 1 N–H and O–H groups in total. The summed E-state index contributed by atoms with van der Waals surface area (Å²) >= 11 is 0. The van der Waals surface area contributed by atoms with E-state index in [0.29, 0.717) is 18.2 Å². The summed E-state index contributed by atoms with van der Waals surface area (Å²) in [5.74, 6) is 0.808. The zero-order valence-electron chi connectivity index (χ0n) is 12.3. The average Bonchev–Trinajstić information content (AvgIpc) is 2.92. The highest BCUT2D eigenvalue weighted by molar-refractivity contribution is 4.85. The number of likely N-dealkylation sites (tertiary alicyclic amines) is 1. The number of nitrogens with one attached hydrogen (secondary N) is 1. The van der Waals surface area contributed by atoms with Crippen LogP contribution in [0.4, 0.5) is 0 Å². The highest BCUT2D eigenvalue weighted by Crippen LogP contribution is 2.21. The lowest BCUT2D eigenvalue weighted by Gasteiger charge is -2.37. The molecule has 2 aliphatic heterocycles.